The maximum absolute atomic E-state index is 12.1. The molecule has 0 amide bonds. The van der Waals surface area contributed by atoms with Crippen molar-refractivity contribution >= 4 is 14.3 Å². The van der Waals surface area contributed by atoms with Gasteiger partial charge in [-0.05, 0) is 76.4 Å². The Morgan fingerprint density at radius 2 is 1.70 bits per heavy atom. The van der Waals surface area contributed by atoms with Crippen LogP contribution in [0, 0.1) is 5.92 Å². The van der Waals surface area contributed by atoms with E-state index in [9.17, 15) is 9.90 Å². The number of carbonyl (C=O) groups excluding carboxylic acids is 1. The Balaban J connectivity index is 1.31. The third-order valence-corrected chi connectivity index (χ3v) is 14.1. The maximum Gasteiger partial charge on any atom is 0.308 e. The molecule has 40 heavy (non-hydrogen) atoms. The Morgan fingerprint density at radius 3 is 2.33 bits per heavy atom. The summed E-state index contributed by atoms with van der Waals surface area (Å²) in [7, 11) is -0.601. The fraction of sp³-hybridized carbons (Fsp3) is 0.967. The molecule has 4 saturated heterocycles. The van der Waals surface area contributed by atoms with Crippen molar-refractivity contribution in [3.05, 3.63) is 0 Å². The minimum Gasteiger partial charge on any atom is -0.469 e. The normalized spacial score (nSPS) is 39.1. The number of hydrogen-bond donors (Lipinski definition) is 1. The molecule has 4 fully saturated rings. The van der Waals surface area contributed by atoms with Crippen LogP contribution in [0.15, 0.2) is 0 Å². The smallest absolute Gasteiger partial charge is 0.308 e. The quantitative estimate of drug-likeness (QED) is 0.221. The van der Waals surface area contributed by atoms with Crippen molar-refractivity contribution in [3.8, 4) is 0 Å². The molecular formula is C30H54O9Si. The van der Waals surface area contributed by atoms with E-state index in [0.29, 0.717) is 38.2 Å². The molecule has 0 unspecified atom stereocenters. The molecule has 4 rings (SSSR count). The zero-order valence-corrected chi connectivity index (χ0v) is 27.1. The second kappa shape index (κ2) is 12.6. The molecule has 0 aromatic heterocycles. The standard InChI is InChI=1S/C30H54O9Si/c1-18-10-11-23(27-28(37-27)25-17-34-30(5,6)38-25)36-24(18)13-19(31)12-20-14-22(39-40(8,9)29(2,3)4)15-21(35-20)16-26(32)33-7/h18-25,27-28,31H,10-17H2,1-9H3/t18-,19-,20+,21+,22+,23-,24+,25+,27+,28-/m0/s1. The van der Waals surface area contributed by atoms with Crippen LogP contribution in [-0.4, -0.2) is 93.8 Å². The van der Waals surface area contributed by atoms with Gasteiger partial charge in [0.05, 0.1) is 50.7 Å². The highest BCUT2D eigenvalue weighted by atomic mass is 28.4. The molecule has 0 aromatic carbocycles. The van der Waals surface area contributed by atoms with E-state index in [1.807, 2.05) is 13.8 Å². The fourth-order valence-electron chi connectivity index (χ4n) is 6.16. The van der Waals surface area contributed by atoms with Crippen molar-refractivity contribution in [2.24, 2.45) is 5.92 Å². The number of esters is 1. The first-order valence-electron chi connectivity index (χ1n) is 15.3. The van der Waals surface area contributed by atoms with Gasteiger partial charge in [-0.15, -0.1) is 0 Å². The molecule has 0 saturated carbocycles. The summed E-state index contributed by atoms with van der Waals surface area (Å²) in [6, 6.07) is 0. The lowest BCUT2D eigenvalue weighted by Gasteiger charge is -2.43. The van der Waals surface area contributed by atoms with Crippen molar-refractivity contribution in [3.63, 3.8) is 0 Å². The second-order valence-electron chi connectivity index (χ2n) is 14.5. The van der Waals surface area contributed by atoms with Crippen molar-refractivity contribution in [1.29, 1.82) is 0 Å². The molecule has 0 aliphatic carbocycles. The van der Waals surface area contributed by atoms with Crippen LogP contribution in [0.3, 0.4) is 0 Å². The van der Waals surface area contributed by atoms with Gasteiger partial charge in [0.1, 0.15) is 18.3 Å². The van der Waals surface area contributed by atoms with Gasteiger partial charge in [0.25, 0.3) is 0 Å². The number of rotatable bonds is 10. The van der Waals surface area contributed by atoms with Gasteiger partial charge < -0.3 is 38.0 Å². The lowest BCUT2D eigenvalue weighted by atomic mass is 9.87. The van der Waals surface area contributed by atoms with E-state index in [4.69, 9.17) is 32.8 Å². The highest BCUT2D eigenvalue weighted by Gasteiger charge is 2.55. The van der Waals surface area contributed by atoms with Crippen LogP contribution in [0.1, 0.15) is 86.5 Å². The minimum absolute atomic E-state index is 0.00319. The number of hydrogen-bond acceptors (Lipinski definition) is 9. The van der Waals surface area contributed by atoms with Crippen molar-refractivity contribution in [2.45, 2.75) is 165 Å². The summed E-state index contributed by atoms with van der Waals surface area (Å²) in [6.07, 6.45) is 3.42. The Morgan fingerprint density at radius 1 is 1.02 bits per heavy atom. The van der Waals surface area contributed by atoms with Crippen molar-refractivity contribution in [2.75, 3.05) is 13.7 Å². The zero-order valence-electron chi connectivity index (χ0n) is 26.1. The van der Waals surface area contributed by atoms with Gasteiger partial charge >= 0.3 is 5.97 Å². The first-order chi connectivity index (χ1) is 18.6. The SMILES string of the molecule is COC(=O)C[C@H]1C[C@H](O[Si](C)(C)C(C)(C)C)C[C@@H](C[C@H](O)C[C@H]2O[C@H]([C@H]3O[C@H]3[C@H]3COC(C)(C)O3)CC[C@@H]2C)O1. The van der Waals surface area contributed by atoms with E-state index in [2.05, 4.69) is 40.8 Å². The molecule has 1 N–H and O–H groups in total. The van der Waals surface area contributed by atoms with E-state index in [1.54, 1.807) is 0 Å². The van der Waals surface area contributed by atoms with Gasteiger partial charge in [0.2, 0.25) is 0 Å². The van der Waals surface area contributed by atoms with E-state index < -0.39 is 20.2 Å². The summed E-state index contributed by atoms with van der Waals surface area (Å²) >= 11 is 0. The van der Waals surface area contributed by atoms with Crippen LogP contribution in [0.4, 0.5) is 0 Å². The number of aliphatic hydroxyl groups is 1. The lowest BCUT2D eigenvalue weighted by molar-refractivity contribution is -0.152. The fourth-order valence-corrected chi connectivity index (χ4v) is 7.54. The first-order valence-corrected chi connectivity index (χ1v) is 18.2. The molecule has 4 aliphatic rings. The molecule has 0 radical (unpaired) electrons. The number of epoxide rings is 1. The third kappa shape index (κ3) is 8.27. The highest BCUT2D eigenvalue weighted by Crippen LogP contribution is 2.42. The highest BCUT2D eigenvalue weighted by molar-refractivity contribution is 6.74. The molecular weight excluding hydrogens is 532 g/mol. The van der Waals surface area contributed by atoms with Crippen molar-refractivity contribution in [1.82, 2.24) is 0 Å². The van der Waals surface area contributed by atoms with Crippen LogP contribution >= 0.6 is 0 Å². The number of methoxy groups -OCH3 is 1. The van der Waals surface area contributed by atoms with Crippen LogP contribution < -0.4 is 0 Å². The summed E-state index contributed by atoms with van der Waals surface area (Å²) in [4.78, 5) is 12.1. The predicted molar refractivity (Wildman–Crippen MR) is 152 cm³/mol. The monoisotopic (exact) mass is 586 g/mol. The number of carbonyl (C=O) groups is 1. The van der Waals surface area contributed by atoms with E-state index in [-0.39, 0.29) is 66.3 Å². The Bertz CT molecular complexity index is 859. The van der Waals surface area contributed by atoms with Crippen LogP contribution in [0.25, 0.3) is 0 Å². The van der Waals surface area contributed by atoms with Gasteiger partial charge in [-0.2, -0.15) is 0 Å². The average Bonchev–Trinajstić information content (AvgIpc) is 3.54. The molecule has 232 valence electrons. The van der Waals surface area contributed by atoms with Gasteiger partial charge in [-0.3, -0.25) is 4.79 Å². The average molecular weight is 587 g/mol. The van der Waals surface area contributed by atoms with Crippen molar-refractivity contribution < 1.29 is 42.7 Å². The molecule has 0 spiro atoms. The van der Waals surface area contributed by atoms with E-state index in [0.717, 1.165) is 12.8 Å². The van der Waals surface area contributed by atoms with Crippen LogP contribution in [-0.2, 0) is 37.6 Å². The molecule has 4 aliphatic heterocycles. The van der Waals surface area contributed by atoms with Gasteiger partial charge in [0, 0.05) is 6.10 Å². The van der Waals surface area contributed by atoms with E-state index in [1.165, 1.54) is 7.11 Å². The number of aliphatic hydroxyl groups excluding tert-OH is 1. The Labute approximate surface area is 242 Å². The number of ether oxygens (including phenoxy) is 6. The maximum atomic E-state index is 12.1. The van der Waals surface area contributed by atoms with Gasteiger partial charge in [-0.1, -0.05) is 27.7 Å². The molecule has 4 heterocycles. The molecule has 0 aromatic rings. The summed E-state index contributed by atoms with van der Waals surface area (Å²) < 4.78 is 42.2. The zero-order chi connectivity index (χ0) is 29.5. The lowest BCUT2D eigenvalue weighted by Crippen LogP contribution is -2.48. The Kier molecular flexibility index (Phi) is 10.2. The van der Waals surface area contributed by atoms with Gasteiger partial charge in [-0.25, -0.2) is 0 Å². The minimum atomic E-state index is -2.00. The summed E-state index contributed by atoms with van der Waals surface area (Å²) in [5.41, 5.74) is 0. The molecule has 9 nitrogen and oxygen atoms in total. The van der Waals surface area contributed by atoms with Crippen LogP contribution in [0.5, 0.6) is 0 Å². The topological polar surface area (TPSA) is 105 Å². The first kappa shape index (κ1) is 32.3. The van der Waals surface area contributed by atoms with Crippen LogP contribution in [0.2, 0.25) is 18.1 Å². The third-order valence-electron chi connectivity index (χ3n) is 9.58. The largest absolute Gasteiger partial charge is 0.469 e. The predicted octanol–water partition coefficient (Wildman–Crippen LogP) is 4.73. The second-order valence-corrected chi connectivity index (χ2v) is 19.2. The molecule has 10 atom stereocenters. The summed E-state index contributed by atoms with van der Waals surface area (Å²) in [5, 5.41) is 11.3. The molecule has 10 heteroatoms. The van der Waals surface area contributed by atoms with E-state index >= 15 is 0 Å². The van der Waals surface area contributed by atoms with Gasteiger partial charge in [0.15, 0.2) is 14.1 Å². The molecule has 0 bridgehead atoms. The summed E-state index contributed by atoms with van der Waals surface area (Å²) in [6.45, 7) is 17.8. The summed E-state index contributed by atoms with van der Waals surface area (Å²) in [5.74, 6) is -0.504. The Hall–Kier alpha value is -0.593.